The van der Waals surface area contributed by atoms with Crippen molar-refractivity contribution >= 4 is 21.7 Å². The normalized spacial score (nSPS) is 11.7. The van der Waals surface area contributed by atoms with Gasteiger partial charge >= 0.3 is 6.18 Å². The number of anilines is 1. The van der Waals surface area contributed by atoms with Crippen LogP contribution in [0, 0.1) is 0 Å². The van der Waals surface area contributed by atoms with Crippen LogP contribution >= 0.6 is 15.9 Å². The number of nitrogens with zero attached hydrogens (tertiary/aromatic N) is 1. The third-order valence-electron chi connectivity index (χ3n) is 1.53. The average molecular weight is 255 g/mol. The summed E-state index contributed by atoms with van der Waals surface area (Å²) in [6.07, 6.45) is -3.33. The van der Waals surface area contributed by atoms with Crippen LogP contribution in [0.2, 0.25) is 0 Å². The fraction of sp³-hybridized carbons (Fsp3) is 0.286. The zero-order chi connectivity index (χ0) is 10.1. The molecule has 0 aromatic carbocycles. The zero-order valence-corrected chi connectivity index (χ0v) is 7.98. The van der Waals surface area contributed by atoms with Crippen LogP contribution in [0.4, 0.5) is 19.0 Å². The van der Waals surface area contributed by atoms with Crippen LogP contribution in [0.25, 0.3) is 0 Å². The van der Waals surface area contributed by atoms with Gasteiger partial charge in [-0.05, 0) is 6.07 Å². The van der Waals surface area contributed by atoms with E-state index in [2.05, 4.69) is 20.9 Å². The Morgan fingerprint density at radius 1 is 1.46 bits per heavy atom. The SMILES string of the molecule is Nc1nccc(C(F)(F)F)c1CBr. The molecule has 13 heavy (non-hydrogen) atoms. The summed E-state index contributed by atoms with van der Waals surface area (Å²) in [7, 11) is 0. The van der Waals surface area contributed by atoms with Gasteiger partial charge in [0.05, 0.1) is 5.56 Å². The van der Waals surface area contributed by atoms with Gasteiger partial charge in [0.15, 0.2) is 0 Å². The lowest BCUT2D eigenvalue weighted by Gasteiger charge is -2.11. The van der Waals surface area contributed by atoms with Crippen LogP contribution in [-0.2, 0) is 11.5 Å². The summed E-state index contributed by atoms with van der Waals surface area (Å²) in [5, 5.41) is 0.0432. The Kier molecular flexibility index (Phi) is 2.80. The van der Waals surface area contributed by atoms with E-state index in [1.807, 2.05) is 0 Å². The Morgan fingerprint density at radius 2 is 2.08 bits per heavy atom. The lowest BCUT2D eigenvalue weighted by molar-refractivity contribution is -0.138. The van der Waals surface area contributed by atoms with E-state index in [-0.39, 0.29) is 16.7 Å². The zero-order valence-electron chi connectivity index (χ0n) is 6.40. The maximum Gasteiger partial charge on any atom is 0.416 e. The van der Waals surface area contributed by atoms with E-state index in [4.69, 9.17) is 5.73 Å². The number of pyridine rings is 1. The van der Waals surface area contributed by atoms with Gasteiger partial charge in [-0.15, -0.1) is 0 Å². The number of halogens is 4. The number of nitrogen functional groups attached to an aromatic ring is 1. The second-order valence-electron chi connectivity index (χ2n) is 2.35. The molecule has 0 saturated heterocycles. The van der Waals surface area contributed by atoms with Crippen LogP contribution in [0.1, 0.15) is 11.1 Å². The molecule has 2 N–H and O–H groups in total. The molecule has 0 fully saturated rings. The summed E-state index contributed by atoms with van der Waals surface area (Å²) < 4.78 is 36.9. The van der Waals surface area contributed by atoms with Crippen molar-refractivity contribution < 1.29 is 13.2 Å². The third kappa shape index (κ3) is 2.12. The minimum atomic E-state index is -4.37. The molecule has 2 nitrogen and oxygen atoms in total. The predicted molar refractivity (Wildman–Crippen MR) is 46.3 cm³/mol. The van der Waals surface area contributed by atoms with E-state index in [0.29, 0.717) is 0 Å². The Hall–Kier alpha value is -0.780. The monoisotopic (exact) mass is 254 g/mol. The highest BCUT2D eigenvalue weighted by Crippen LogP contribution is 2.34. The molecule has 0 radical (unpaired) electrons. The van der Waals surface area contributed by atoms with Crippen molar-refractivity contribution in [2.75, 3.05) is 5.73 Å². The molecular formula is C7H6BrF3N2. The molecule has 1 aromatic heterocycles. The molecule has 0 aliphatic rings. The maximum absolute atomic E-state index is 12.3. The lowest BCUT2D eigenvalue weighted by Crippen LogP contribution is -2.11. The van der Waals surface area contributed by atoms with Crippen LogP contribution in [0.3, 0.4) is 0 Å². The third-order valence-corrected chi connectivity index (χ3v) is 2.09. The van der Waals surface area contributed by atoms with Gasteiger partial charge in [0, 0.05) is 17.1 Å². The topological polar surface area (TPSA) is 38.9 Å². The quantitative estimate of drug-likeness (QED) is 0.783. The van der Waals surface area contributed by atoms with E-state index < -0.39 is 11.7 Å². The van der Waals surface area contributed by atoms with Gasteiger partial charge < -0.3 is 5.73 Å². The van der Waals surface area contributed by atoms with E-state index >= 15 is 0 Å². The van der Waals surface area contributed by atoms with Crippen LogP contribution in [0.5, 0.6) is 0 Å². The number of hydrogen-bond donors (Lipinski definition) is 1. The lowest BCUT2D eigenvalue weighted by atomic mass is 10.1. The Bertz CT molecular complexity index is 311. The summed E-state index contributed by atoms with van der Waals surface area (Å²) >= 11 is 2.93. The van der Waals surface area contributed by atoms with Gasteiger partial charge in [0.1, 0.15) is 5.82 Å². The molecule has 1 rings (SSSR count). The number of hydrogen-bond acceptors (Lipinski definition) is 2. The first kappa shape index (κ1) is 10.3. The van der Waals surface area contributed by atoms with E-state index in [0.717, 1.165) is 12.3 Å². The highest BCUT2D eigenvalue weighted by atomic mass is 79.9. The van der Waals surface area contributed by atoms with Crippen LogP contribution in [0.15, 0.2) is 12.3 Å². The first-order valence-electron chi connectivity index (χ1n) is 3.33. The average Bonchev–Trinajstić information content (AvgIpc) is 2.02. The van der Waals surface area contributed by atoms with Crippen molar-refractivity contribution in [1.29, 1.82) is 0 Å². The largest absolute Gasteiger partial charge is 0.416 e. The van der Waals surface area contributed by atoms with Gasteiger partial charge in [-0.3, -0.25) is 0 Å². The number of rotatable bonds is 1. The smallest absolute Gasteiger partial charge is 0.383 e. The molecule has 1 aromatic rings. The van der Waals surface area contributed by atoms with Crippen molar-refractivity contribution in [1.82, 2.24) is 4.98 Å². The molecule has 0 aliphatic carbocycles. The minimum absolute atomic E-state index is 0.0185. The second-order valence-corrected chi connectivity index (χ2v) is 2.91. The van der Waals surface area contributed by atoms with E-state index in [1.165, 1.54) is 0 Å². The van der Waals surface area contributed by atoms with Crippen molar-refractivity contribution in [2.24, 2.45) is 0 Å². The summed E-state index contributed by atoms with van der Waals surface area (Å²) in [5.41, 5.74) is 4.53. The number of alkyl halides is 4. The summed E-state index contributed by atoms with van der Waals surface area (Å²) in [6.45, 7) is 0. The van der Waals surface area contributed by atoms with Crippen LogP contribution < -0.4 is 5.73 Å². The van der Waals surface area contributed by atoms with Crippen LogP contribution in [-0.4, -0.2) is 4.98 Å². The molecule has 0 unspecified atom stereocenters. The fourth-order valence-electron chi connectivity index (χ4n) is 0.915. The highest BCUT2D eigenvalue weighted by molar-refractivity contribution is 9.08. The van der Waals surface area contributed by atoms with Gasteiger partial charge in [0.25, 0.3) is 0 Å². The minimum Gasteiger partial charge on any atom is -0.383 e. The molecule has 0 atom stereocenters. The molecule has 0 amide bonds. The standard InChI is InChI=1S/C7H6BrF3N2/c8-3-4-5(7(9,10)11)1-2-13-6(4)12/h1-2H,3H2,(H2,12,13). The second kappa shape index (κ2) is 3.53. The van der Waals surface area contributed by atoms with E-state index in [1.54, 1.807) is 0 Å². The molecular weight excluding hydrogens is 249 g/mol. The Balaban J connectivity index is 3.29. The molecule has 72 valence electrons. The maximum atomic E-state index is 12.3. The van der Waals surface area contributed by atoms with E-state index in [9.17, 15) is 13.2 Å². The number of aromatic nitrogens is 1. The molecule has 6 heteroatoms. The van der Waals surface area contributed by atoms with Crippen molar-refractivity contribution in [3.63, 3.8) is 0 Å². The number of nitrogens with two attached hydrogens (primary N) is 1. The Morgan fingerprint density at radius 3 is 2.46 bits per heavy atom. The van der Waals surface area contributed by atoms with Crippen molar-refractivity contribution in [3.8, 4) is 0 Å². The first-order chi connectivity index (χ1) is 5.96. The molecule has 0 aliphatic heterocycles. The van der Waals surface area contributed by atoms with Crippen molar-refractivity contribution in [2.45, 2.75) is 11.5 Å². The van der Waals surface area contributed by atoms with Gasteiger partial charge in [-0.2, -0.15) is 13.2 Å². The molecule has 1 heterocycles. The molecule has 0 bridgehead atoms. The first-order valence-corrected chi connectivity index (χ1v) is 4.45. The van der Waals surface area contributed by atoms with Gasteiger partial charge in [-0.25, -0.2) is 4.98 Å². The predicted octanol–water partition coefficient (Wildman–Crippen LogP) is 2.58. The summed E-state index contributed by atoms with van der Waals surface area (Å²) in [6, 6.07) is 0.910. The van der Waals surface area contributed by atoms with Crippen molar-refractivity contribution in [3.05, 3.63) is 23.4 Å². The van der Waals surface area contributed by atoms with Gasteiger partial charge in [-0.1, -0.05) is 15.9 Å². The van der Waals surface area contributed by atoms with Gasteiger partial charge in [0.2, 0.25) is 0 Å². The fourth-order valence-corrected chi connectivity index (χ4v) is 1.50. The summed E-state index contributed by atoms with van der Waals surface area (Å²) in [4.78, 5) is 3.57. The summed E-state index contributed by atoms with van der Waals surface area (Å²) in [5.74, 6) is -0.0910. The molecule has 0 spiro atoms. The Labute approximate surface area is 81.1 Å². The highest BCUT2D eigenvalue weighted by Gasteiger charge is 2.33. The molecule has 0 saturated carbocycles.